The molecule has 0 atom stereocenters. The Balaban J connectivity index is 3.63. The minimum Gasteiger partial charge on any atom is -0.449 e. The van der Waals surface area contributed by atoms with Gasteiger partial charge in [-0.1, -0.05) is 0 Å². The minimum atomic E-state index is -0.662. The normalized spacial score (nSPS) is 10.4. The van der Waals surface area contributed by atoms with Gasteiger partial charge in [0.15, 0.2) is 0 Å². The molecule has 0 aliphatic heterocycles. The fourth-order valence-electron chi connectivity index (χ4n) is 0.573. The molecule has 90 valence electrons. The molecule has 0 saturated heterocycles. The summed E-state index contributed by atoms with van der Waals surface area (Å²) in [6.45, 7) is 3.88. The number of hydrazone groups is 2. The highest BCUT2D eigenvalue weighted by molar-refractivity contribution is 6.16. The van der Waals surface area contributed by atoms with Crippen LogP contribution in [0.3, 0.4) is 0 Å². The molecule has 0 spiro atoms. The van der Waals surface area contributed by atoms with Crippen LogP contribution in [0.15, 0.2) is 10.2 Å². The lowest BCUT2D eigenvalue weighted by molar-refractivity contribution is 0.151. The molecule has 2 amide bonds. The average Bonchev–Trinajstić information content (AvgIpc) is 2.24. The molecule has 0 radical (unpaired) electrons. The van der Waals surface area contributed by atoms with Crippen molar-refractivity contribution < 1.29 is 19.1 Å². The van der Waals surface area contributed by atoms with Crippen LogP contribution in [-0.2, 0) is 9.47 Å². The van der Waals surface area contributed by atoms with E-state index in [0.29, 0.717) is 0 Å². The molecule has 0 aliphatic rings. The van der Waals surface area contributed by atoms with Crippen LogP contribution in [0.1, 0.15) is 13.8 Å². The molecule has 0 unspecified atom stereocenters. The third-order valence-electron chi connectivity index (χ3n) is 1.08. The molecule has 2 N–H and O–H groups in total. The van der Waals surface area contributed by atoms with Crippen molar-refractivity contribution in [1.29, 1.82) is 0 Å². The molecule has 0 aliphatic carbocycles. The molecule has 16 heavy (non-hydrogen) atoms. The highest BCUT2D eigenvalue weighted by Crippen LogP contribution is 1.75. The summed E-state index contributed by atoms with van der Waals surface area (Å²) < 4.78 is 9.04. The van der Waals surface area contributed by atoms with Gasteiger partial charge in [0, 0.05) is 0 Å². The van der Waals surface area contributed by atoms with Crippen molar-refractivity contribution >= 4 is 24.6 Å². The minimum absolute atomic E-state index is 0.264. The van der Waals surface area contributed by atoms with E-state index < -0.39 is 12.2 Å². The number of hydrogen-bond acceptors (Lipinski definition) is 6. The molecule has 8 nitrogen and oxygen atoms in total. The van der Waals surface area contributed by atoms with Crippen LogP contribution >= 0.6 is 0 Å². The summed E-state index contributed by atoms with van der Waals surface area (Å²) in [5, 5.41) is 6.88. The smallest absolute Gasteiger partial charge is 0.427 e. The second-order valence-electron chi connectivity index (χ2n) is 2.22. The van der Waals surface area contributed by atoms with E-state index in [1.807, 2.05) is 0 Å². The maximum Gasteiger partial charge on any atom is 0.427 e. The number of nitrogens with one attached hydrogen (secondary N) is 2. The number of ether oxygens (including phenoxy) is 2. The van der Waals surface area contributed by atoms with Crippen molar-refractivity contribution in [2.75, 3.05) is 13.2 Å². The summed E-state index contributed by atoms with van der Waals surface area (Å²) in [5.74, 6) is 0. The molecular formula is C8H14N4O4. The molecule has 8 heteroatoms. The maximum absolute atomic E-state index is 10.7. The summed E-state index contributed by atoms with van der Waals surface area (Å²) in [6, 6.07) is 0. The van der Waals surface area contributed by atoms with Crippen molar-refractivity contribution in [3.05, 3.63) is 0 Å². The Morgan fingerprint density at radius 2 is 1.38 bits per heavy atom. The Kier molecular flexibility index (Phi) is 8.19. The zero-order chi connectivity index (χ0) is 12.2. The quantitative estimate of drug-likeness (QED) is 0.528. The van der Waals surface area contributed by atoms with Gasteiger partial charge in [0.1, 0.15) is 0 Å². The number of carbonyl (C=O) groups is 2. The van der Waals surface area contributed by atoms with E-state index in [2.05, 4.69) is 30.5 Å². The Morgan fingerprint density at radius 1 is 1.00 bits per heavy atom. The number of amides is 2. The fourth-order valence-corrected chi connectivity index (χ4v) is 0.573. The van der Waals surface area contributed by atoms with E-state index in [1.165, 1.54) is 12.4 Å². The number of nitrogens with zero attached hydrogens (tertiary/aromatic N) is 2. The van der Waals surface area contributed by atoms with Crippen LogP contribution in [0.5, 0.6) is 0 Å². The van der Waals surface area contributed by atoms with Crippen LogP contribution in [0.2, 0.25) is 0 Å². The number of hydrogen-bond donors (Lipinski definition) is 2. The third kappa shape index (κ3) is 8.48. The van der Waals surface area contributed by atoms with Crippen LogP contribution in [-0.4, -0.2) is 37.8 Å². The first kappa shape index (κ1) is 13.9. The highest BCUT2D eigenvalue weighted by atomic mass is 16.6. The first-order valence-corrected chi connectivity index (χ1v) is 4.61. The van der Waals surface area contributed by atoms with Crippen molar-refractivity contribution in [1.82, 2.24) is 10.9 Å². The average molecular weight is 230 g/mol. The molecule has 0 aromatic carbocycles. The third-order valence-corrected chi connectivity index (χ3v) is 1.08. The van der Waals surface area contributed by atoms with E-state index >= 15 is 0 Å². The largest absolute Gasteiger partial charge is 0.449 e. The first-order chi connectivity index (χ1) is 7.70. The van der Waals surface area contributed by atoms with Crippen molar-refractivity contribution in [3.63, 3.8) is 0 Å². The van der Waals surface area contributed by atoms with Crippen molar-refractivity contribution in [2.24, 2.45) is 10.2 Å². The van der Waals surface area contributed by atoms with E-state index in [-0.39, 0.29) is 13.2 Å². The zero-order valence-corrected chi connectivity index (χ0v) is 9.10. The first-order valence-electron chi connectivity index (χ1n) is 4.61. The van der Waals surface area contributed by atoms with Gasteiger partial charge in [-0.25, -0.2) is 20.4 Å². The Hall–Kier alpha value is -2.12. The van der Waals surface area contributed by atoms with Crippen molar-refractivity contribution in [3.8, 4) is 0 Å². The lowest BCUT2D eigenvalue weighted by Gasteiger charge is -1.98. The van der Waals surface area contributed by atoms with Crippen LogP contribution < -0.4 is 10.9 Å². The second-order valence-corrected chi connectivity index (χ2v) is 2.22. The van der Waals surface area contributed by atoms with Gasteiger partial charge >= 0.3 is 12.2 Å². The topological polar surface area (TPSA) is 101 Å². The molecule has 0 aromatic heterocycles. The number of rotatable bonds is 5. The maximum atomic E-state index is 10.7. The highest BCUT2D eigenvalue weighted by Gasteiger charge is 1.95. The summed E-state index contributed by atoms with van der Waals surface area (Å²) in [7, 11) is 0. The molecule has 0 heterocycles. The van der Waals surface area contributed by atoms with Gasteiger partial charge < -0.3 is 9.47 Å². The Morgan fingerprint density at radius 3 is 1.69 bits per heavy atom. The van der Waals surface area contributed by atoms with Crippen molar-refractivity contribution in [2.45, 2.75) is 13.8 Å². The lowest BCUT2D eigenvalue weighted by Crippen LogP contribution is -2.20. The molecule has 0 bridgehead atoms. The fraction of sp³-hybridized carbons (Fsp3) is 0.500. The SMILES string of the molecule is CCOC(=O)NN=C/C=N/NC(=O)OCC. The van der Waals surface area contributed by atoms with Crippen LogP contribution in [0.4, 0.5) is 9.59 Å². The summed E-state index contributed by atoms with van der Waals surface area (Å²) in [4.78, 5) is 21.4. The van der Waals surface area contributed by atoms with Gasteiger partial charge in [-0.05, 0) is 13.8 Å². The van der Waals surface area contributed by atoms with Gasteiger partial charge in [-0.15, -0.1) is 0 Å². The Labute approximate surface area is 92.7 Å². The van der Waals surface area contributed by atoms with Gasteiger partial charge in [0.2, 0.25) is 0 Å². The van der Waals surface area contributed by atoms with E-state index in [9.17, 15) is 9.59 Å². The predicted molar refractivity (Wildman–Crippen MR) is 57.3 cm³/mol. The van der Waals surface area contributed by atoms with E-state index in [1.54, 1.807) is 13.8 Å². The van der Waals surface area contributed by atoms with Gasteiger partial charge in [0.25, 0.3) is 0 Å². The molecule has 0 saturated carbocycles. The van der Waals surface area contributed by atoms with Gasteiger partial charge in [-0.2, -0.15) is 10.2 Å². The predicted octanol–water partition coefficient (Wildman–Crippen LogP) is 0.450. The van der Waals surface area contributed by atoms with E-state index in [0.717, 1.165) is 0 Å². The summed E-state index contributed by atoms with van der Waals surface area (Å²) in [5.41, 5.74) is 4.14. The van der Waals surface area contributed by atoms with Gasteiger partial charge in [-0.3, -0.25) is 0 Å². The second kappa shape index (κ2) is 9.44. The van der Waals surface area contributed by atoms with Gasteiger partial charge in [0.05, 0.1) is 25.6 Å². The van der Waals surface area contributed by atoms with Crippen LogP contribution in [0, 0.1) is 0 Å². The van der Waals surface area contributed by atoms with Crippen LogP contribution in [0.25, 0.3) is 0 Å². The van der Waals surface area contributed by atoms with E-state index in [4.69, 9.17) is 0 Å². The number of carbonyl (C=O) groups excluding carboxylic acids is 2. The molecule has 0 fully saturated rings. The lowest BCUT2D eigenvalue weighted by atomic mass is 10.8. The summed E-state index contributed by atoms with van der Waals surface area (Å²) >= 11 is 0. The molecular weight excluding hydrogens is 216 g/mol. The standard InChI is InChI=1S/C8H14N4O4/c1-3-15-7(13)11-9-5-6-10-12-8(14)16-4-2/h5-6H,3-4H2,1-2H3,(H,11,13)(H,12,14)/b9-5+,10-6?. The Bertz CT molecular complexity index is 249. The monoisotopic (exact) mass is 230 g/mol. The molecule has 0 aromatic rings. The summed E-state index contributed by atoms with van der Waals surface area (Å²) in [6.07, 6.45) is 1.02. The zero-order valence-electron chi connectivity index (χ0n) is 9.10. The molecule has 0 rings (SSSR count).